The number of hydrogen-bond acceptors (Lipinski definition) is 3. The van der Waals surface area contributed by atoms with Crippen LogP contribution in [0.4, 0.5) is 0 Å². The van der Waals surface area contributed by atoms with Gasteiger partial charge in [0.1, 0.15) is 0 Å². The predicted octanol–water partition coefficient (Wildman–Crippen LogP) is 0.258. The second kappa shape index (κ2) is 3.03. The largest absolute Gasteiger partial charge is 0.363 e. The molecule has 0 aromatic rings. The monoisotopic (exact) mass is 160 g/mol. The number of hydrogen-bond donors (Lipinski definition) is 1. The summed E-state index contributed by atoms with van der Waals surface area (Å²) in [5.41, 5.74) is 5.32. The third-order valence-corrected chi connectivity index (χ3v) is 1.73. The fourth-order valence-electron chi connectivity index (χ4n) is 0.805. The van der Waals surface area contributed by atoms with Gasteiger partial charge in [-0.05, 0) is 0 Å². The van der Waals surface area contributed by atoms with Gasteiger partial charge in [-0.3, -0.25) is 4.79 Å². The van der Waals surface area contributed by atoms with E-state index in [1.807, 2.05) is 4.90 Å². The molecule has 0 aromatic heterocycles. The van der Waals surface area contributed by atoms with Crippen LogP contribution in [-0.2, 0) is 4.79 Å². The predicted molar refractivity (Wildman–Crippen MR) is 39.3 cm³/mol. The van der Waals surface area contributed by atoms with Crippen LogP contribution in [0.15, 0.2) is 11.2 Å². The third-order valence-electron chi connectivity index (χ3n) is 1.42. The minimum atomic E-state index is 0.00590. The molecule has 0 aromatic carbocycles. The van der Waals surface area contributed by atoms with Gasteiger partial charge in [-0.2, -0.15) is 0 Å². The molecule has 0 spiro atoms. The van der Waals surface area contributed by atoms with Gasteiger partial charge in [0.15, 0.2) is 5.78 Å². The zero-order chi connectivity index (χ0) is 7.56. The molecule has 0 saturated carbocycles. The van der Waals surface area contributed by atoms with E-state index in [2.05, 4.69) is 0 Å². The molecule has 10 heavy (non-hydrogen) atoms. The summed E-state index contributed by atoms with van der Waals surface area (Å²) in [7, 11) is 0. The van der Waals surface area contributed by atoms with Crippen LogP contribution in [0.5, 0.6) is 0 Å². The van der Waals surface area contributed by atoms with Gasteiger partial charge in [0.05, 0.1) is 11.7 Å². The van der Waals surface area contributed by atoms with Crippen LogP contribution in [0, 0.1) is 0 Å². The normalized spacial score (nSPS) is 19.2. The Labute approximate surface area is 64.4 Å². The topological polar surface area (TPSA) is 46.3 Å². The van der Waals surface area contributed by atoms with Gasteiger partial charge in [0.2, 0.25) is 0 Å². The van der Waals surface area contributed by atoms with Crippen molar-refractivity contribution in [1.29, 1.82) is 0 Å². The average molecular weight is 161 g/mol. The molecular weight excluding hydrogens is 152 g/mol. The Balaban J connectivity index is 2.65. The van der Waals surface area contributed by atoms with Gasteiger partial charge >= 0.3 is 0 Å². The lowest BCUT2D eigenvalue weighted by molar-refractivity contribution is -0.115. The highest BCUT2D eigenvalue weighted by Crippen LogP contribution is 2.12. The summed E-state index contributed by atoms with van der Waals surface area (Å²) in [6, 6.07) is 0. The Morgan fingerprint density at radius 1 is 1.80 bits per heavy atom. The molecule has 3 nitrogen and oxygen atoms in total. The van der Waals surface area contributed by atoms with E-state index in [0.29, 0.717) is 19.6 Å². The van der Waals surface area contributed by atoms with Crippen LogP contribution in [0.25, 0.3) is 0 Å². The Kier molecular flexibility index (Phi) is 2.29. The third kappa shape index (κ3) is 1.49. The second-order valence-corrected chi connectivity index (χ2v) is 2.55. The van der Waals surface area contributed by atoms with Crippen LogP contribution in [0.2, 0.25) is 0 Å². The molecule has 0 aliphatic carbocycles. The number of rotatable bonds is 1. The molecule has 0 amide bonds. The van der Waals surface area contributed by atoms with Gasteiger partial charge in [-0.1, -0.05) is 11.6 Å². The number of ketones is 1. The lowest BCUT2D eigenvalue weighted by Crippen LogP contribution is -2.31. The lowest BCUT2D eigenvalue weighted by Gasteiger charge is -2.21. The van der Waals surface area contributed by atoms with Gasteiger partial charge in [0, 0.05) is 19.2 Å². The molecule has 1 heterocycles. The summed E-state index contributed by atoms with van der Waals surface area (Å²) >= 11 is 5.55. The molecule has 0 unspecified atom stereocenters. The van der Waals surface area contributed by atoms with Crippen LogP contribution in [0.1, 0.15) is 6.42 Å². The summed E-state index contributed by atoms with van der Waals surface area (Å²) in [5, 5.41) is 0.289. The van der Waals surface area contributed by atoms with Gasteiger partial charge in [-0.25, -0.2) is 0 Å². The average Bonchev–Trinajstić information content (AvgIpc) is 1.95. The van der Waals surface area contributed by atoms with Gasteiger partial charge < -0.3 is 10.6 Å². The first kappa shape index (κ1) is 7.57. The van der Waals surface area contributed by atoms with E-state index in [1.165, 1.54) is 0 Å². The molecular formula is C6H9ClN2O. The zero-order valence-corrected chi connectivity index (χ0v) is 6.27. The fourth-order valence-corrected chi connectivity index (χ4v) is 1.04. The van der Waals surface area contributed by atoms with Crippen LogP contribution in [0.3, 0.4) is 0 Å². The molecule has 0 bridgehead atoms. The SMILES string of the molecule is NCN1C=C(Cl)C(=O)CC1. The standard InChI is InChI=1S/C6H9ClN2O/c7-5-3-9(4-8)2-1-6(5)10/h3H,1-2,4,8H2. The van der Waals surface area contributed by atoms with Crippen molar-refractivity contribution >= 4 is 17.4 Å². The van der Waals surface area contributed by atoms with E-state index >= 15 is 0 Å². The van der Waals surface area contributed by atoms with Crippen LogP contribution in [-0.4, -0.2) is 23.9 Å². The lowest BCUT2D eigenvalue weighted by atomic mass is 10.2. The first-order chi connectivity index (χ1) is 4.74. The maximum Gasteiger partial charge on any atom is 0.177 e. The van der Waals surface area contributed by atoms with Crippen LogP contribution < -0.4 is 5.73 Å². The molecule has 2 N–H and O–H groups in total. The van der Waals surface area contributed by atoms with Crippen molar-refractivity contribution in [3.63, 3.8) is 0 Å². The Hall–Kier alpha value is -0.540. The maximum absolute atomic E-state index is 10.8. The zero-order valence-electron chi connectivity index (χ0n) is 5.51. The van der Waals surface area contributed by atoms with Crippen molar-refractivity contribution in [1.82, 2.24) is 4.90 Å². The van der Waals surface area contributed by atoms with E-state index in [9.17, 15) is 4.79 Å². The van der Waals surface area contributed by atoms with Crippen molar-refractivity contribution in [3.05, 3.63) is 11.2 Å². The molecule has 1 aliphatic rings. The molecule has 56 valence electrons. The minimum Gasteiger partial charge on any atom is -0.363 e. The molecule has 1 rings (SSSR count). The highest BCUT2D eigenvalue weighted by molar-refractivity contribution is 6.42. The summed E-state index contributed by atoms with van der Waals surface area (Å²) in [4.78, 5) is 12.6. The Bertz CT molecular complexity index is 179. The summed E-state index contributed by atoms with van der Waals surface area (Å²) in [6.07, 6.45) is 2.07. The first-order valence-corrected chi connectivity index (χ1v) is 3.46. The van der Waals surface area contributed by atoms with Crippen LogP contribution >= 0.6 is 11.6 Å². The number of carbonyl (C=O) groups excluding carboxylic acids is 1. The number of Topliss-reactive ketones (excluding diaryl/α,β-unsaturated/α-hetero) is 1. The molecule has 0 radical (unpaired) electrons. The van der Waals surface area contributed by atoms with E-state index < -0.39 is 0 Å². The number of allylic oxidation sites excluding steroid dienone is 1. The number of nitrogens with two attached hydrogens (primary N) is 1. The van der Waals surface area contributed by atoms with Gasteiger partial charge in [0.25, 0.3) is 0 Å². The van der Waals surface area contributed by atoms with Crippen molar-refractivity contribution in [2.75, 3.05) is 13.2 Å². The van der Waals surface area contributed by atoms with E-state index in [0.717, 1.165) is 0 Å². The first-order valence-electron chi connectivity index (χ1n) is 3.08. The highest BCUT2D eigenvalue weighted by atomic mass is 35.5. The molecule has 0 saturated heterocycles. The molecule has 0 atom stereocenters. The second-order valence-electron chi connectivity index (χ2n) is 2.15. The quantitative estimate of drug-likeness (QED) is 0.599. The number of nitrogens with zero attached hydrogens (tertiary/aromatic N) is 1. The number of halogens is 1. The van der Waals surface area contributed by atoms with E-state index in [4.69, 9.17) is 17.3 Å². The fraction of sp³-hybridized carbons (Fsp3) is 0.500. The minimum absolute atomic E-state index is 0.00590. The van der Waals surface area contributed by atoms with Crippen molar-refractivity contribution in [3.8, 4) is 0 Å². The van der Waals surface area contributed by atoms with Crippen molar-refractivity contribution < 1.29 is 4.79 Å². The van der Waals surface area contributed by atoms with Crippen molar-refractivity contribution in [2.24, 2.45) is 5.73 Å². The van der Waals surface area contributed by atoms with E-state index in [1.54, 1.807) is 6.20 Å². The summed E-state index contributed by atoms with van der Waals surface area (Å²) in [5.74, 6) is 0.00590. The highest BCUT2D eigenvalue weighted by Gasteiger charge is 2.14. The summed E-state index contributed by atoms with van der Waals surface area (Å²) in [6.45, 7) is 1.11. The molecule has 0 fully saturated rings. The Morgan fingerprint density at radius 2 is 2.50 bits per heavy atom. The van der Waals surface area contributed by atoms with Crippen molar-refractivity contribution in [2.45, 2.75) is 6.42 Å². The smallest absolute Gasteiger partial charge is 0.177 e. The number of carbonyl (C=O) groups is 1. The summed E-state index contributed by atoms with van der Waals surface area (Å²) < 4.78 is 0. The Morgan fingerprint density at radius 3 is 3.00 bits per heavy atom. The van der Waals surface area contributed by atoms with Gasteiger partial charge in [-0.15, -0.1) is 0 Å². The maximum atomic E-state index is 10.8. The van der Waals surface area contributed by atoms with E-state index in [-0.39, 0.29) is 10.8 Å². The molecule has 1 aliphatic heterocycles. The molecule has 4 heteroatoms.